The molecule has 2 rings (SSSR count). The number of nitrogens with two attached hydrogens (primary N) is 4. The summed E-state index contributed by atoms with van der Waals surface area (Å²) >= 11 is 0. The van der Waals surface area contributed by atoms with Gasteiger partial charge in [0.2, 0.25) is 0 Å². The first-order valence-electron chi connectivity index (χ1n) is 24.7. The minimum absolute atomic E-state index is 0.0431. The van der Waals surface area contributed by atoms with Gasteiger partial charge in [0.15, 0.2) is 0 Å². The first-order chi connectivity index (χ1) is 37.9. The molecule has 32 heteroatoms. The molecule has 0 bridgehead atoms. The number of urea groups is 2. The number of allylic oxidation sites excluding steroid dienone is 1. The zero-order valence-corrected chi connectivity index (χ0v) is 45.3. The van der Waals surface area contributed by atoms with Crippen molar-refractivity contribution in [3.8, 4) is 11.5 Å². The summed E-state index contributed by atoms with van der Waals surface area (Å²) in [5.41, 5.74) is 16.0. The first kappa shape index (κ1) is 77.7. The predicted molar refractivity (Wildman–Crippen MR) is 290 cm³/mol. The van der Waals surface area contributed by atoms with Crippen LogP contribution in [0.3, 0.4) is 0 Å². The van der Waals surface area contributed by atoms with Gasteiger partial charge >= 0.3 is 35.9 Å². The number of carbonyl (C=O) groups excluding carboxylic acids is 3. The summed E-state index contributed by atoms with van der Waals surface area (Å²) < 4.78 is 24.7. The van der Waals surface area contributed by atoms with E-state index in [1.54, 1.807) is 6.92 Å². The number of primary amides is 2. The lowest BCUT2D eigenvalue weighted by atomic mass is 10.1. The van der Waals surface area contributed by atoms with Crippen molar-refractivity contribution in [3.05, 3.63) is 68.5 Å². The number of unbranched alkanes of at least 4 members (excludes halogenated alkanes) is 5. The van der Waals surface area contributed by atoms with Crippen LogP contribution in [0.15, 0.2) is 48.3 Å². The number of nitrogens with one attached hydrogen (secondary N) is 4. The smallest absolute Gasteiger partial charge is 0.326 e. The number of halogens is 1. The number of benzene rings is 2. The number of hydrazine groups is 1. The Labute approximate surface area is 461 Å². The summed E-state index contributed by atoms with van der Waals surface area (Å²) in [5, 5.41) is 82.5. The highest BCUT2D eigenvalue weighted by Gasteiger charge is 2.22. The highest BCUT2D eigenvalue weighted by atomic mass is 19.1. The first-order valence-corrected chi connectivity index (χ1v) is 24.7. The largest absolute Gasteiger partial charge is 0.491 e. The molecule has 4 amide bonds. The number of carboxylic acid groups (broad SMARTS) is 5. The van der Waals surface area contributed by atoms with Gasteiger partial charge in [-0.25, -0.2) is 20.2 Å². The van der Waals surface area contributed by atoms with Crippen LogP contribution in [0.5, 0.6) is 11.5 Å². The number of carbonyl (C=O) groups is 8. The number of hydrogen-bond donors (Lipinski definition) is 14. The van der Waals surface area contributed by atoms with E-state index in [4.69, 9.17) is 62.2 Å². The Morgan fingerprint density at radius 2 is 1.12 bits per heavy atom. The number of aldehydes is 1. The summed E-state index contributed by atoms with van der Waals surface area (Å²) in [5.74, 6) is 2.73. The van der Waals surface area contributed by atoms with Gasteiger partial charge in [-0.15, -0.1) is 0 Å². The van der Waals surface area contributed by atoms with Crippen LogP contribution in [0.1, 0.15) is 111 Å². The van der Waals surface area contributed by atoms with E-state index in [2.05, 4.69) is 21.7 Å². The lowest BCUT2D eigenvalue weighted by Gasteiger charge is -2.27. The maximum absolute atomic E-state index is 12.7. The highest BCUT2D eigenvalue weighted by molar-refractivity contribution is 5.82. The number of aliphatic hydroxyl groups excluding tert-OH is 1. The van der Waals surface area contributed by atoms with Crippen LogP contribution < -0.4 is 53.8 Å². The van der Waals surface area contributed by atoms with Gasteiger partial charge in [-0.3, -0.25) is 43.8 Å². The second-order valence-corrected chi connectivity index (χ2v) is 15.9. The van der Waals surface area contributed by atoms with Crippen molar-refractivity contribution in [1.82, 2.24) is 15.6 Å². The molecule has 0 fully saturated rings. The Bertz CT molecular complexity index is 2180. The Balaban J connectivity index is -0.000000756. The minimum Gasteiger partial charge on any atom is -0.491 e. The molecule has 0 saturated heterocycles. The fourth-order valence-electron chi connectivity index (χ4n) is 5.95. The third-order valence-corrected chi connectivity index (χ3v) is 9.69. The van der Waals surface area contributed by atoms with Crippen molar-refractivity contribution in [2.75, 3.05) is 50.7 Å². The molecule has 454 valence electrons. The van der Waals surface area contributed by atoms with Crippen molar-refractivity contribution in [2.45, 2.75) is 129 Å². The Kier molecular flexibility index (Phi) is 48.3. The third-order valence-electron chi connectivity index (χ3n) is 9.69. The molecule has 0 heterocycles. The van der Waals surface area contributed by atoms with Gasteiger partial charge in [-0.1, -0.05) is 26.7 Å². The molecule has 0 saturated carbocycles. The summed E-state index contributed by atoms with van der Waals surface area (Å²) in [6.07, 6.45) is 7.16. The number of aliphatic hydroxyl groups is 1. The van der Waals surface area contributed by atoms with Gasteiger partial charge in [0, 0.05) is 88.1 Å². The van der Waals surface area contributed by atoms with Gasteiger partial charge in [0.1, 0.15) is 54.5 Å². The second kappa shape index (κ2) is 49.7. The summed E-state index contributed by atoms with van der Waals surface area (Å²) in [6, 6.07) is 4.78. The molecule has 80 heavy (non-hydrogen) atoms. The number of rotatable bonds is 36. The van der Waals surface area contributed by atoms with Crippen molar-refractivity contribution in [1.29, 1.82) is 0 Å². The SMILES string of the molecule is CC.CC(CCC(=O)O)NC(N)=O.CO.N/C(=C\N(N)C(COc1ccc([N+](=O)[O-])c(NCCCCCC=O)c1)COc1ccc([N+](=O)[O-])c(NCCCCCC(=O)O)c1)CCCF.NC(=O)NC(CCC(=O)O)C(=O)O.O=CO. The summed E-state index contributed by atoms with van der Waals surface area (Å²) in [6.45, 7) is 5.59. The van der Waals surface area contributed by atoms with E-state index in [1.807, 2.05) is 19.2 Å². The van der Waals surface area contributed by atoms with E-state index in [-0.39, 0.29) is 87.0 Å². The number of alkyl halides is 1. The van der Waals surface area contributed by atoms with E-state index in [9.17, 15) is 58.2 Å². The number of anilines is 2. The van der Waals surface area contributed by atoms with Crippen LogP contribution in [0.25, 0.3) is 0 Å². The highest BCUT2D eigenvalue weighted by Crippen LogP contribution is 2.31. The van der Waals surface area contributed by atoms with Gasteiger partial charge in [-0.2, -0.15) is 0 Å². The second-order valence-electron chi connectivity index (χ2n) is 15.9. The number of carboxylic acids is 4. The Morgan fingerprint density at radius 3 is 1.51 bits per heavy atom. The fraction of sp³-hybridized carbons (Fsp3) is 0.542. The molecular weight excluding hydrogens is 1070 g/mol. The van der Waals surface area contributed by atoms with Crippen LogP contribution in [0.4, 0.5) is 36.7 Å². The van der Waals surface area contributed by atoms with E-state index in [0.29, 0.717) is 68.8 Å². The summed E-state index contributed by atoms with van der Waals surface area (Å²) in [7, 11) is 1.00. The normalized spacial score (nSPS) is 11.1. The zero-order valence-electron chi connectivity index (χ0n) is 45.3. The van der Waals surface area contributed by atoms with Gasteiger partial charge in [-0.05, 0) is 70.4 Å². The molecule has 0 aromatic heterocycles. The molecule has 0 aliphatic carbocycles. The third kappa shape index (κ3) is 43.3. The summed E-state index contributed by atoms with van der Waals surface area (Å²) in [4.78, 5) is 103. The molecule has 18 N–H and O–H groups in total. The molecule has 0 aliphatic heterocycles. The molecule has 0 radical (unpaired) electrons. The molecule has 31 nitrogen and oxygen atoms in total. The molecule has 0 aliphatic rings. The van der Waals surface area contributed by atoms with Gasteiger partial charge in [0.05, 0.1) is 16.5 Å². The minimum atomic E-state index is -1.31. The van der Waals surface area contributed by atoms with E-state index in [1.165, 1.54) is 47.6 Å². The van der Waals surface area contributed by atoms with E-state index < -0.39 is 64.5 Å². The molecule has 3 unspecified atom stereocenters. The Hall–Kier alpha value is -8.81. The lowest BCUT2D eigenvalue weighted by molar-refractivity contribution is -0.384. The monoisotopic (exact) mass is 1150 g/mol. The molecule has 2 aromatic carbocycles. The van der Waals surface area contributed by atoms with Crippen LogP contribution in [-0.4, -0.2) is 152 Å². The number of ether oxygens (including phenoxy) is 2. The maximum atomic E-state index is 12.7. The molecule has 3 atom stereocenters. The van der Waals surface area contributed by atoms with Crippen molar-refractivity contribution in [2.24, 2.45) is 23.0 Å². The Morgan fingerprint density at radius 1 is 0.688 bits per heavy atom. The molecule has 2 aromatic rings. The van der Waals surface area contributed by atoms with Gasteiger partial charge in [0.25, 0.3) is 17.8 Å². The van der Waals surface area contributed by atoms with Crippen molar-refractivity contribution < 1.29 is 92.7 Å². The standard InChI is InChI=1S/C32H46FN7O9.C6H10N2O5.C6H12N2O3.C2H6.CH2O2.CH4O/c33-15-8-9-24(34)21-38(35)25(22-48-26-11-13-30(39(44)45)28(19-26)36-16-5-1-2-7-18-41)23-49-27-12-14-31(40(46)47)29(20-27)37-17-6-3-4-10-32(42)43;7-6(13)8-3(5(11)12)1-2-4(9)10;1-4(8-6(7)11)2-3-5(9)10;1-2;2-1-3;1-2/h11-14,18-21,25,36-37H,1-10,15-17,22-23,34-35H2,(H,42,43);3H,1-2H2,(H,9,10)(H,11,12)(H3,7,8,13);4H,2-3H2,1H3,(H,9,10)(H3,7,8,11);1-2H3;1H,(H,2,3);2H,1H3/b24-21-;;;;;. The maximum Gasteiger partial charge on any atom is 0.326 e. The van der Waals surface area contributed by atoms with Crippen LogP contribution in [0.2, 0.25) is 0 Å². The van der Waals surface area contributed by atoms with Crippen molar-refractivity contribution in [3.63, 3.8) is 0 Å². The number of nitrogens with zero attached hydrogens (tertiary/aromatic N) is 3. The lowest BCUT2D eigenvalue weighted by Crippen LogP contribution is -2.45. The average molecular weight is 1150 g/mol. The molecule has 0 spiro atoms. The van der Waals surface area contributed by atoms with Gasteiger partial charge < -0.3 is 88.4 Å². The topological polar surface area (TPSA) is 518 Å². The van der Waals surface area contributed by atoms with Crippen molar-refractivity contribution >= 4 is 71.4 Å². The number of aliphatic carboxylic acids is 4. The van der Waals surface area contributed by atoms with E-state index in [0.717, 1.165) is 26.2 Å². The molecular formula is C48H80FN11O20. The quantitative estimate of drug-likeness (QED) is 0.0147. The predicted octanol–water partition coefficient (Wildman–Crippen LogP) is 4.50. The van der Waals surface area contributed by atoms with Crippen LogP contribution >= 0.6 is 0 Å². The fourth-order valence-corrected chi connectivity index (χ4v) is 5.95. The van der Waals surface area contributed by atoms with Crippen LogP contribution in [0, 0.1) is 20.2 Å². The number of hydrogen-bond acceptors (Lipinski definition) is 20. The van der Waals surface area contributed by atoms with Crippen LogP contribution in [-0.2, 0) is 28.8 Å². The average Bonchev–Trinajstić information content (AvgIpc) is 3.39. The number of nitro benzene ring substituents is 2. The number of nitro groups is 2. The van der Waals surface area contributed by atoms with E-state index >= 15 is 0 Å². The zero-order chi connectivity index (χ0) is 62.0. The number of amides is 4.